The van der Waals surface area contributed by atoms with Crippen molar-refractivity contribution in [2.45, 2.75) is 52.5 Å². The first-order valence-corrected chi connectivity index (χ1v) is 6.50. The van der Waals surface area contributed by atoms with Crippen molar-refractivity contribution in [2.24, 2.45) is 0 Å². The van der Waals surface area contributed by atoms with Crippen LogP contribution in [0.4, 0.5) is 0 Å². The Hall–Kier alpha value is -0.0800. The Morgan fingerprint density at radius 2 is 1.67 bits per heavy atom. The predicted molar refractivity (Wildman–Crippen MR) is 69.4 cm³/mol. The average molecular weight is 214 g/mol. The normalized spacial score (nSPS) is 13.8. The van der Waals surface area contributed by atoms with E-state index in [4.69, 9.17) is 0 Å². The maximum absolute atomic E-state index is 2.59. The van der Waals surface area contributed by atoms with Crippen LogP contribution in [0, 0.1) is 0 Å². The fourth-order valence-corrected chi connectivity index (χ4v) is 1.89. The SMILES string of the molecule is CCCCCC(C)N(CC)CCN(C)C. The first kappa shape index (κ1) is 14.9. The second-order valence-corrected chi connectivity index (χ2v) is 4.78. The van der Waals surface area contributed by atoms with E-state index in [9.17, 15) is 0 Å². The average Bonchev–Trinajstić information content (AvgIpc) is 2.18. The van der Waals surface area contributed by atoms with Crippen LogP contribution in [-0.2, 0) is 0 Å². The van der Waals surface area contributed by atoms with Gasteiger partial charge in [0.2, 0.25) is 0 Å². The van der Waals surface area contributed by atoms with Gasteiger partial charge in [0.05, 0.1) is 0 Å². The Balaban J connectivity index is 3.72. The molecule has 0 radical (unpaired) electrons. The second-order valence-electron chi connectivity index (χ2n) is 4.78. The molecule has 2 heteroatoms. The molecule has 0 aliphatic rings. The lowest BCUT2D eigenvalue weighted by atomic mass is 10.1. The van der Waals surface area contributed by atoms with Crippen LogP contribution in [-0.4, -0.2) is 49.6 Å². The largest absolute Gasteiger partial charge is 0.308 e. The molecule has 0 amide bonds. The lowest BCUT2D eigenvalue weighted by molar-refractivity contribution is 0.187. The number of hydrogen-bond acceptors (Lipinski definition) is 2. The molecule has 0 aromatic heterocycles. The van der Waals surface area contributed by atoms with Gasteiger partial charge in [-0.2, -0.15) is 0 Å². The van der Waals surface area contributed by atoms with Crippen LogP contribution >= 0.6 is 0 Å². The lowest BCUT2D eigenvalue weighted by Crippen LogP contribution is -2.38. The lowest BCUT2D eigenvalue weighted by Gasteiger charge is -2.29. The van der Waals surface area contributed by atoms with E-state index in [1.54, 1.807) is 0 Å². The van der Waals surface area contributed by atoms with Gasteiger partial charge in [-0.05, 0) is 34.0 Å². The molecule has 1 atom stereocenters. The fourth-order valence-electron chi connectivity index (χ4n) is 1.89. The van der Waals surface area contributed by atoms with Gasteiger partial charge in [0, 0.05) is 19.1 Å². The Kier molecular flexibility index (Phi) is 9.12. The maximum atomic E-state index is 2.59. The molecule has 92 valence electrons. The molecule has 2 nitrogen and oxygen atoms in total. The van der Waals surface area contributed by atoms with Crippen molar-refractivity contribution in [1.29, 1.82) is 0 Å². The number of nitrogens with zero attached hydrogens (tertiary/aromatic N) is 2. The summed E-state index contributed by atoms with van der Waals surface area (Å²) < 4.78 is 0. The summed E-state index contributed by atoms with van der Waals surface area (Å²) in [5.74, 6) is 0. The van der Waals surface area contributed by atoms with E-state index >= 15 is 0 Å². The molecular weight excluding hydrogens is 184 g/mol. The second kappa shape index (κ2) is 9.17. The van der Waals surface area contributed by atoms with Crippen molar-refractivity contribution in [3.8, 4) is 0 Å². The van der Waals surface area contributed by atoms with E-state index in [-0.39, 0.29) is 0 Å². The van der Waals surface area contributed by atoms with Crippen LogP contribution in [0.1, 0.15) is 46.5 Å². The smallest absolute Gasteiger partial charge is 0.0112 e. The zero-order valence-corrected chi connectivity index (χ0v) is 11.4. The predicted octanol–water partition coefficient (Wildman–Crippen LogP) is 2.84. The number of rotatable bonds is 9. The van der Waals surface area contributed by atoms with Gasteiger partial charge in [-0.3, -0.25) is 4.90 Å². The van der Waals surface area contributed by atoms with Crippen molar-refractivity contribution >= 4 is 0 Å². The van der Waals surface area contributed by atoms with E-state index in [1.807, 2.05) is 0 Å². The van der Waals surface area contributed by atoms with E-state index in [0.717, 1.165) is 6.04 Å². The zero-order chi connectivity index (χ0) is 11.7. The summed E-state index contributed by atoms with van der Waals surface area (Å²) >= 11 is 0. The Morgan fingerprint density at radius 1 is 1.00 bits per heavy atom. The van der Waals surface area contributed by atoms with Crippen molar-refractivity contribution in [3.05, 3.63) is 0 Å². The van der Waals surface area contributed by atoms with Crippen LogP contribution in [0.3, 0.4) is 0 Å². The topological polar surface area (TPSA) is 6.48 Å². The highest BCUT2D eigenvalue weighted by molar-refractivity contribution is 4.67. The van der Waals surface area contributed by atoms with Crippen LogP contribution < -0.4 is 0 Å². The molecule has 0 bridgehead atoms. The Labute approximate surface area is 96.6 Å². The van der Waals surface area contributed by atoms with Gasteiger partial charge in [0.15, 0.2) is 0 Å². The minimum Gasteiger partial charge on any atom is -0.308 e. The van der Waals surface area contributed by atoms with Gasteiger partial charge in [-0.25, -0.2) is 0 Å². The minimum absolute atomic E-state index is 0.751. The van der Waals surface area contributed by atoms with Crippen LogP contribution in [0.2, 0.25) is 0 Å². The third kappa shape index (κ3) is 7.80. The molecule has 1 unspecified atom stereocenters. The zero-order valence-electron chi connectivity index (χ0n) is 11.4. The molecule has 0 N–H and O–H groups in total. The molecule has 0 aliphatic carbocycles. The van der Waals surface area contributed by atoms with Gasteiger partial charge in [-0.15, -0.1) is 0 Å². The molecule has 0 aromatic carbocycles. The number of unbranched alkanes of at least 4 members (excludes halogenated alkanes) is 2. The van der Waals surface area contributed by atoms with E-state index in [2.05, 4.69) is 44.7 Å². The third-order valence-electron chi connectivity index (χ3n) is 3.09. The summed E-state index contributed by atoms with van der Waals surface area (Å²) in [6.07, 6.45) is 5.46. The van der Waals surface area contributed by atoms with Crippen molar-refractivity contribution in [1.82, 2.24) is 9.80 Å². The summed E-state index contributed by atoms with van der Waals surface area (Å²) in [6.45, 7) is 10.5. The molecule has 0 spiro atoms. The molecule has 0 aliphatic heterocycles. The monoisotopic (exact) mass is 214 g/mol. The standard InChI is InChI=1S/C13H30N2/c1-6-8-9-10-13(3)15(7-2)12-11-14(4)5/h13H,6-12H2,1-5H3. The summed E-state index contributed by atoms with van der Waals surface area (Å²) in [4.78, 5) is 4.86. The van der Waals surface area contributed by atoms with Crippen molar-refractivity contribution in [2.75, 3.05) is 33.7 Å². The van der Waals surface area contributed by atoms with Gasteiger partial charge in [0.25, 0.3) is 0 Å². The Morgan fingerprint density at radius 3 is 2.13 bits per heavy atom. The van der Waals surface area contributed by atoms with Gasteiger partial charge in [-0.1, -0.05) is 33.1 Å². The van der Waals surface area contributed by atoms with E-state index in [0.29, 0.717) is 0 Å². The molecular formula is C13H30N2. The van der Waals surface area contributed by atoms with Crippen molar-refractivity contribution < 1.29 is 0 Å². The highest BCUT2D eigenvalue weighted by Gasteiger charge is 2.11. The molecule has 0 heterocycles. The third-order valence-corrected chi connectivity index (χ3v) is 3.09. The summed E-state index contributed by atoms with van der Waals surface area (Å²) in [5, 5.41) is 0. The van der Waals surface area contributed by atoms with Gasteiger partial charge >= 0.3 is 0 Å². The highest BCUT2D eigenvalue weighted by Crippen LogP contribution is 2.09. The maximum Gasteiger partial charge on any atom is 0.0112 e. The molecule has 0 fully saturated rings. The molecule has 0 saturated carbocycles. The fraction of sp³-hybridized carbons (Fsp3) is 1.00. The highest BCUT2D eigenvalue weighted by atomic mass is 15.2. The minimum atomic E-state index is 0.751. The van der Waals surface area contributed by atoms with Crippen LogP contribution in [0.25, 0.3) is 0 Å². The summed E-state index contributed by atoms with van der Waals surface area (Å²) in [7, 11) is 4.30. The van der Waals surface area contributed by atoms with E-state index in [1.165, 1.54) is 45.3 Å². The van der Waals surface area contributed by atoms with Crippen LogP contribution in [0.5, 0.6) is 0 Å². The quantitative estimate of drug-likeness (QED) is 0.545. The molecule has 0 rings (SSSR count). The molecule has 15 heavy (non-hydrogen) atoms. The number of hydrogen-bond donors (Lipinski definition) is 0. The van der Waals surface area contributed by atoms with Gasteiger partial charge in [0.1, 0.15) is 0 Å². The first-order valence-electron chi connectivity index (χ1n) is 6.50. The summed E-state index contributed by atoms with van der Waals surface area (Å²) in [6, 6.07) is 0.751. The van der Waals surface area contributed by atoms with E-state index < -0.39 is 0 Å². The van der Waals surface area contributed by atoms with Crippen LogP contribution in [0.15, 0.2) is 0 Å². The van der Waals surface area contributed by atoms with Gasteiger partial charge < -0.3 is 4.90 Å². The number of likely N-dealkylation sites (N-methyl/N-ethyl adjacent to an activating group) is 2. The Bertz CT molecular complexity index is 134. The molecule has 0 saturated heterocycles. The molecule has 0 aromatic rings. The van der Waals surface area contributed by atoms with Crippen molar-refractivity contribution in [3.63, 3.8) is 0 Å². The first-order chi connectivity index (χ1) is 7.11. The summed E-state index contributed by atoms with van der Waals surface area (Å²) in [5.41, 5.74) is 0.